The van der Waals surface area contributed by atoms with Crippen LogP contribution in [-0.4, -0.2) is 24.9 Å². The molecule has 0 aromatic heterocycles. The highest BCUT2D eigenvalue weighted by atomic mass is 35.5. The van der Waals surface area contributed by atoms with Gasteiger partial charge in [0, 0.05) is 0 Å². The smallest absolute Gasteiger partial charge is 0.370 e. The molecule has 0 N–H and O–H groups in total. The van der Waals surface area contributed by atoms with Crippen LogP contribution in [0.1, 0.15) is 6.92 Å². The van der Waals surface area contributed by atoms with Gasteiger partial charge in [-0.2, -0.15) is 0 Å². The third kappa shape index (κ3) is 4.22. The molecule has 0 fully saturated rings. The Morgan fingerprint density at radius 3 is 2.47 bits per heavy atom. The maximum Gasteiger partial charge on any atom is 0.370 e. The number of halogens is 1. The Hall–Kier alpha value is -2.15. The highest BCUT2D eigenvalue weighted by Gasteiger charge is 2.13. The van der Waals surface area contributed by atoms with Gasteiger partial charge in [-0.3, -0.25) is 0 Å². The lowest BCUT2D eigenvalue weighted by molar-refractivity contribution is -0.134. The number of rotatable bonds is 6. The number of carbonyl (C=O) groups is 1. The Bertz CT molecular complexity index is 475. The lowest BCUT2D eigenvalue weighted by Crippen LogP contribution is -2.17. The molecule has 0 spiro atoms. The largest absolute Gasteiger partial charge is 0.497 e. The van der Waals surface area contributed by atoms with Crippen molar-refractivity contribution in [2.45, 2.75) is 6.92 Å². The molecule has 0 unspecified atom stereocenters. The number of carbonyl (C=O) groups excluding carboxylic acids is 1. The van der Waals surface area contributed by atoms with Crippen molar-refractivity contribution in [3.8, 4) is 5.75 Å². The molecule has 0 aliphatic carbocycles. The van der Waals surface area contributed by atoms with Gasteiger partial charge in [-0.05, 0) is 31.2 Å². The highest BCUT2D eigenvalue weighted by molar-refractivity contribution is 6.82. The summed E-state index contributed by atoms with van der Waals surface area (Å²) in [5, 5.41) is 6.41. The summed E-state index contributed by atoms with van der Waals surface area (Å²) >= 11 is 5.60. The van der Waals surface area contributed by atoms with Gasteiger partial charge in [0.15, 0.2) is 0 Å². The number of nitroso groups, excluding NO2 is 1. The van der Waals surface area contributed by atoms with Crippen LogP contribution in [0.15, 0.2) is 34.7 Å². The third-order valence-electron chi connectivity index (χ3n) is 2.01. The Labute approximate surface area is 114 Å². The van der Waals surface area contributed by atoms with Gasteiger partial charge in [0.2, 0.25) is 5.17 Å². The lowest BCUT2D eigenvalue weighted by Gasteiger charge is -2.09. The Kier molecular flexibility index (Phi) is 5.74. The van der Waals surface area contributed by atoms with E-state index in [2.05, 4.69) is 15.1 Å². The zero-order valence-corrected chi connectivity index (χ0v) is 11.1. The first-order chi connectivity index (χ1) is 9.12. The maximum atomic E-state index is 11.3. The van der Waals surface area contributed by atoms with Crippen LogP contribution in [0.25, 0.3) is 0 Å². The van der Waals surface area contributed by atoms with E-state index in [1.54, 1.807) is 31.2 Å². The van der Waals surface area contributed by atoms with Crippen LogP contribution in [0.3, 0.4) is 0 Å². The Balaban J connectivity index is 2.90. The molecule has 8 heteroatoms. The fourth-order valence-corrected chi connectivity index (χ4v) is 1.28. The number of benzene rings is 1. The topological polar surface area (TPSA) is 80.6 Å². The van der Waals surface area contributed by atoms with Crippen molar-refractivity contribution in [2.24, 2.45) is 10.4 Å². The number of esters is 1. The Morgan fingerprint density at radius 1 is 1.37 bits per heavy atom. The van der Waals surface area contributed by atoms with E-state index < -0.39 is 11.1 Å². The van der Waals surface area contributed by atoms with Crippen LogP contribution in [-0.2, 0) is 9.53 Å². The number of hydrogen-bond acceptors (Lipinski definition) is 6. The fraction of sp³-hybridized carbons (Fsp3) is 0.273. The van der Waals surface area contributed by atoms with E-state index in [0.29, 0.717) is 16.6 Å². The van der Waals surface area contributed by atoms with Crippen LogP contribution in [0.4, 0.5) is 5.69 Å². The Morgan fingerprint density at radius 2 is 2.00 bits per heavy atom. The summed E-state index contributed by atoms with van der Waals surface area (Å²) in [5.41, 5.74) is 0.332. The second kappa shape index (κ2) is 7.32. The predicted octanol–water partition coefficient (Wildman–Crippen LogP) is 2.30. The minimum Gasteiger partial charge on any atom is -0.497 e. The van der Waals surface area contributed by atoms with Crippen molar-refractivity contribution in [1.82, 2.24) is 0 Å². The molecule has 0 heterocycles. The van der Waals surface area contributed by atoms with Gasteiger partial charge in [-0.25, -0.2) is 4.79 Å². The molecule has 1 aromatic carbocycles. The van der Waals surface area contributed by atoms with Gasteiger partial charge < -0.3 is 9.47 Å². The number of hydrogen-bond donors (Lipinski definition) is 0. The van der Waals surface area contributed by atoms with Crippen LogP contribution in [0, 0.1) is 4.91 Å². The predicted molar refractivity (Wildman–Crippen MR) is 71.2 cm³/mol. The number of methoxy groups -OCH3 is 1. The van der Waals surface area contributed by atoms with Gasteiger partial charge in [-0.1, -0.05) is 11.6 Å². The number of nitrogens with zero attached hydrogens (tertiary/aromatic N) is 3. The number of anilines is 1. The quantitative estimate of drug-likeness (QED) is 0.347. The van der Waals surface area contributed by atoms with Gasteiger partial charge in [0.25, 0.3) is 0 Å². The van der Waals surface area contributed by atoms with Crippen molar-refractivity contribution >= 4 is 28.4 Å². The molecule has 1 aromatic rings. The molecule has 0 aliphatic heterocycles. The zero-order valence-electron chi connectivity index (χ0n) is 10.4. The summed E-state index contributed by atoms with van der Waals surface area (Å²) in [5.74, 6) is -0.221. The lowest BCUT2D eigenvalue weighted by atomic mass is 10.3. The van der Waals surface area contributed by atoms with Crippen LogP contribution >= 0.6 is 11.6 Å². The summed E-state index contributed by atoms with van der Waals surface area (Å²) in [7, 11) is 1.51. The average molecular weight is 286 g/mol. The van der Waals surface area contributed by atoms with Crippen LogP contribution in [0.5, 0.6) is 5.75 Å². The molecular weight excluding hydrogens is 274 g/mol. The monoisotopic (exact) mass is 285 g/mol. The van der Waals surface area contributed by atoms with E-state index in [4.69, 9.17) is 16.3 Å². The second-order valence-electron chi connectivity index (χ2n) is 3.18. The normalized spacial score (nSPS) is 10.8. The van der Waals surface area contributed by atoms with Crippen LogP contribution in [0.2, 0.25) is 0 Å². The number of ether oxygens (including phenoxy) is 2. The van der Waals surface area contributed by atoms with E-state index in [1.807, 2.05) is 0 Å². The van der Waals surface area contributed by atoms with Gasteiger partial charge in [0.1, 0.15) is 5.75 Å². The van der Waals surface area contributed by atoms with E-state index in [-0.39, 0.29) is 6.61 Å². The van der Waals surface area contributed by atoms with E-state index in [0.717, 1.165) is 0 Å². The molecular formula is C11H12ClN3O4. The summed E-state index contributed by atoms with van der Waals surface area (Å²) in [6.45, 7) is 1.78. The maximum absolute atomic E-state index is 11.3. The standard InChI is InChI=1S/C11H12ClN3O4/c1-3-19-11(16)10(12)13-15(14-17)8-4-6-9(18-2)7-5-8/h4-7H,3H2,1-2H3/b13-10-. The molecule has 0 atom stereocenters. The highest BCUT2D eigenvalue weighted by Crippen LogP contribution is 2.20. The SMILES string of the molecule is CCOC(=O)/C(Cl)=N/N(N=O)c1ccc(OC)cc1. The van der Waals surface area contributed by atoms with Crippen molar-refractivity contribution < 1.29 is 14.3 Å². The molecule has 0 amide bonds. The molecule has 1 rings (SSSR count). The van der Waals surface area contributed by atoms with Gasteiger partial charge in [-0.15, -0.1) is 15.1 Å². The summed E-state index contributed by atoms with van der Waals surface area (Å²) in [6, 6.07) is 6.31. The summed E-state index contributed by atoms with van der Waals surface area (Å²) in [4.78, 5) is 22.0. The third-order valence-corrected chi connectivity index (χ3v) is 2.24. The van der Waals surface area contributed by atoms with Gasteiger partial charge in [0.05, 0.1) is 24.7 Å². The summed E-state index contributed by atoms with van der Waals surface area (Å²) in [6.07, 6.45) is 0. The van der Waals surface area contributed by atoms with Crippen molar-refractivity contribution in [3.63, 3.8) is 0 Å². The first-order valence-corrected chi connectivity index (χ1v) is 5.68. The summed E-state index contributed by atoms with van der Waals surface area (Å²) < 4.78 is 9.60. The molecule has 0 bridgehead atoms. The average Bonchev–Trinajstić information content (AvgIpc) is 2.45. The van der Waals surface area contributed by atoms with Crippen molar-refractivity contribution in [1.29, 1.82) is 0 Å². The second-order valence-corrected chi connectivity index (χ2v) is 3.54. The van der Waals surface area contributed by atoms with E-state index >= 15 is 0 Å². The molecule has 19 heavy (non-hydrogen) atoms. The van der Waals surface area contributed by atoms with Crippen molar-refractivity contribution in [2.75, 3.05) is 18.8 Å². The number of hydrazone groups is 1. The van der Waals surface area contributed by atoms with Crippen LogP contribution < -0.4 is 9.85 Å². The molecule has 0 radical (unpaired) electrons. The first kappa shape index (κ1) is 14.9. The molecule has 102 valence electrons. The molecule has 7 nitrogen and oxygen atoms in total. The zero-order chi connectivity index (χ0) is 14.3. The minimum absolute atomic E-state index is 0.154. The first-order valence-electron chi connectivity index (χ1n) is 5.31. The molecule has 0 saturated carbocycles. The molecule has 0 aliphatic rings. The van der Waals surface area contributed by atoms with Crippen molar-refractivity contribution in [3.05, 3.63) is 29.2 Å². The minimum atomic E-state index is -0.827. The fourth-order valence-electron chi connectivity index (χ4n) is 1.15. The van der Waals surface area contributed by atoms with Gasteiger partial charge >= 0.3 is 5.97 Å². The molecule has 0 saturated heterocycles. The van der Waals surface area contributed by atoms with E-state index in [1.165, 1.54) is 7.11 Å². The van der Waals surface area contributed by atoms with E-state index in [9.17, 15) is 9.70 Å².